The lowest BCUT2D eigenvalue weighted by Crippen LogP contribution is -2.47. The summed E-state index contributed by atoms with van der Waals surface area (Å²) < 4.78 is 40.4. The lowest BCUT2D eigenvalue weighted by molar-refractivity contribution is 0.0860. The van der Waals surface area contributed by atoms with Crippen molar-refractivity contribution in [2.75, 3.05) is 19.6 Å². The number of sulfonamides is 1. The van der Waals surface area contributed by atoms with Crippen molar-refractivity contribution in [2.24, 2.45) is 0 Å². The molecule has 0 radical (unpaired) electrons. The Balaban J connectivity index is 1.85. The van der Waals surface area contributed by atoms with E-state index in [1.54, 1.807) is 24.3 Å². The van der Waals surface area contributed by atoms with Crippen molar-refractivity contribution in [3.63, 3.8) is 0 Å². The molecule has 144 valence electrons. The highest BCUT2D eigenvalue weighted by molar-refractivity contribution is 7.90. The second-order valence-electron chi connectivity index (χ2n) is 6.49. The fourth-order valence-corrected chi connectivity index (χ4v) is 5.01. The van der Waals surface area contributed by atoms with Crippen LogP contribution >= 0.6 is 0 Å². The molecule has 1 aliphatic heterocycles. The third-order valence-electron chi connectivity index (χ3n) is 4.67. The van der Waals surface area contributed by atoms with E-state index >= 15 is 0 Å². The van der Waals surface area contributed by atoms with Gasteiger partial charge in [0.1, 0.15) is 5.82 Å². The number of amides is 1. The Labute approximate surface area is 158 Å². The quantitative estimate of drug-likeness (QED) is 0.815. The van der Waals surface area contributed by atoms with Gasteiger partial charge in [-0.15, -0.1) is 0 Å². The van der Waals surface area contributed by atoms with Crippen LogP contribution in [-0.2, 0) is 16.4 Å². The molecule has 0 aliphatic carbocycles. The van der Waals surface area contributed by atoms with Crippen LogP contribution in [0.4, 0.5) is 4.39 Å². The van der Waals surface area contributed by atoms with E-state index in [4.69, 9.17) is 0 Å². The lowest BCUT2D eigenvalue weighted by Gasteiger charge is -2.30. The summed E-state index contributed by atoms with van der Waals surface area (Å²) in [5.74, 6) is -0.937. The molecule has 1 aromatic carbocycles. The molecule has 1 saturated heterocycles. The summed E-state index contributed by atoms with van der Waals surface area (Å²) in [7, 11) is -3.81. The van der Waals surface area contributed by atoms with Crippen LogP contribution in [0.15, 0.2) is 48.8 Å². The number of carbonyl (C=O) groups excluding carboxylic acids is 1. The molecular weight excluding hydrogens is 369 g/mol. The van der Waals surface area contributed by atoms with Crippen LogP contribution in [0.1, 0.15) is 28.8 Å². The Bertz CT molecular complexity index is 867. The van der Waals surface area contributed by atoms with E-state index < -0.39 is 21.2 Å². The zero-order valence-electron chi connectivity index (χ0n) is 14.8. The fraction of sp³-hybridized carbons (Fsp3) is 0.368. The summed E-state index contributed by atoms with van der Waals surface area (Å²) in [6.45, 7) is 1.22. The van der Waals surface area contributed by atoms with Crippen molar-refractivity contribution in [3.05, 3.63) is 65.7 Å². The molecule has 0 atom stereocenters. The number of benzene rings is 1. The van der Waals surface area contributed by atoms with Crippen LogP contribution in [-0.4, -0.2) is 48.5 Å². The Kier molecular flexibility index (Phi) is 6.18. The number of hydrogen-bond donors (Lipinski definition) is 1. The average Bonchev–Trinajstić information content (AvgIpc) is 2.70. The predicted molar refractivity (Wildman–Crippen MR) is 100 cm³/mol. The largest absolute Gasteiger partial charge is 0.317 e. The number of aromatic nitrogens is 1. The highest BCUT2D eigenvalue weighted by Crippen LogP contribution is 2.21. The molecule has 1 aliphatic rings. The third kappa shape index (κ3) is 4.70. The van der Waals surface area contributed by atoms with Crippen LogP contribution < -0.4 is 5.32 Å². The van der Waals surface area contributed by atoms with Crippen LogP contribution in [0.2, 0.25) is 0 Å². The summed E-state index contributed by atoms with van der Waals surface area (Å²) in [6, 6.07) is 8.99. The summed E-state index contributed by atoms with van der Waals surface area (Å²) in [5, 5.41) is 2.55. The van der Waals surface area contributed by atoms with Crippen LogP contribution in [0.25, 0.3) is 0 Å². The van der Waals surface area contributed by atoms with Gasteiger partial charge in [-0.2, -0.15) is 0 Å². The minimum absolute atomic E-state index is 0.00558. The number of nitrogens with one attached hydrogen (secondary N) is 1. The molecule has 2 heterocycles. The molecule has 1 fully saturated rings. The van der Waals surface area contributed by atoms with Gasteiger partial charge in [0.25, 0.3) is 5.91 Å². The van der Waals surface area contributed by atoms with E-state index in [1.807, 2.05) is 0 Å². The maximum atomic E-state index is 13.2. The topological polar surface area (TPSA) is 79.4 Å². The van der Waals surface area contributed by atoms with Crippen LogP contribution in [0.3, 0.4) is 0 Å². The van der Waals surface area contributed by atoms with E-state index in [0.717, 1.165) is 9.87 Å². The van der Waals surface area contributed by atoms with Crippen molar-refractivity contribution < 1.29 is 17.6 Å². The highest BCUT2D eigenvalue weighted by atomic mass is 32.2. The first-order valence-corrected chi connectivity index (χ1v) is 10.4. The van der Waals surface area contributed by atoms with Gasteiger partial charge < -0.3 is 5.32 Å². The molecule has 0 saturated carbocycles. The SMILES string of the molecule is O=C(c1cccnc1)N(CCc1ccc(F)cc1)S(=O)(=O)C1CCNCC1. The molecule has 1 N–H and O–H groups in total. The van der Waals surface area contributed by atoms with Gasteiger partial charge in [0.2, 0.25) is 10.0 Å². The Morgan fingerprint density at radius 1 is 1.19 bits per heavy atom. The molecule has 0 unspecified atom stereocenters. The minimum atomic E-state index is -3.81. The lowest BCUT2D eigenvalue weighted by atomic mass is 10.1. The van der Waals surface area contributed by atoms with Crippen molar-refractivity contribution in [3.8, 4) is 0 Å². The first-order valence-electron chi connectivity index (χ1n) is 8.89. The second-order valence-corrected chi connectivity index (χ2v) is 8.63. The fourth-order valence-electron chi connectivity index (χ4n) is 3.13. The molecular formula is C19H22FN3O3S. The van der Waals surface area contributed by atoms with Crippen molar-refractivity contribution in [2.45, 2.75) is 24.5 Å². The Morgan fingerprint density at radius 2 is 1.89 bits per heavy atom. The molecule has 1 aromatic heterocycles. The number of rotatable bonds is 6. The van der Waals surface area contributed by atoms with Crippen LogP contribution in [0.5, 0.6) is 0 Å². The van der Waals surface area contributed by atoms with Crippen LogP contribution in [0, 0.1) is 5.82 Å². The first kappa shape index (κ1) is 19.4. The number of halogens is 1. The third-order valence-corrected chi connectivity index (χ3v) is 6.94. The number of carbonyl (C=O) groups is 1. The zero-order valence-corrected chi connectivity index (χ0v) is 15.7. The molecule has 1 amide bonds. The predicted octanol–water partition coefficient (Wildman–Crippen LogP) is 1.99. The van der Waals surface area contributed by atoms with Crippen molar-refractivity contribution in [1.29, 1.82) is 0 Å². The highest BCUT2D eigenvalue weighted by Gasteiger charge is 2.36. The van der Waals surface area contributed by atoms with Crippen molar-refractivity contribution >= 4 is 15.9 Å². The number of nitrogens with zero attached hydrogens (tertiary/aromatic N) is 2. The van der Waals surface area contributed by atoms with E-state index in [-0.39, 0.29) is 17.9 Å². The van der Waals surface area contributed by atoms with E-state index in [2.05, 4.69) is 10.3 Å². The normalized spacial score (nSPS) is 15.4. The summed E-state index contributed by atoms with van der Waals surface area (Å²) >= 11 is 0. The smallest absolute Gasteiger partial charge is 0.268 e. The summed E-state index contributed by atoms with van der Waals surface area (Å²) in [6.07, 6.45) is 4.15. The van der Waals surface area contributed by atoms with E-state index in [0.29, 0.717) is 32.4 Å². The second kappa shape index (κ2) is 8.58. The molecule has 27 heavy (non-hydrogen) atoms. The van der Waals surface area contributed by atoms with Gasteiger partial charge >= 0.3 is 0 Å². The zero-order chi connectivity index (χ0) is 19.3. The Morgan fingerprint density at radius 3 is 2.52 bits per heavy atom. The number of piperidine rings is 1. The molecule has 8 heteroatoms. The van der Waals surface area contributed by atoms with Gasteiger partial charge in [-0.1, -0.05) is 12.1 Å². The van der Waals surface area contributed by atoms with Gasteiger partial charge in [-0.05, 0) is 62.2 Å². The molecule has 0 bridgehead atoms. The number of pyridine rings is 1. The standard InChI is InChI=1S/C19H22FN3O3S/c20-17-5-3-15(4-6-17)9-13-23(19(24)16-2-1-10-22-14-16)27(25,26)18-7-11-21-12-8-18/h1-6,10,14,18,21H,7-9,11-13H2. The molecule has 6 nitrogen and oxygen atoms in total. The van der Waals surface area contributed by atoms with Gasteiger partial charge in [-0.3, -0.25) is 9.78 Å². The molecule has 3 rings (SSSR count). The first-order chi connectivity index (χ1) is 13.0. The maximum absolute atomic E-state index is 13.2. The van der Waals surface area contributed by atoms with Gasteiger partial charge in [-0.25, -0.2) is 17.1 Å². The van der Waals surface area contributed by atoms with Gasteiger partial charge in [0.15, 0.2) is 0 Å². The summed E-state index contributed by atoms with van der Waals surface area (Å²) in [4.78, 5) is 16.9. The van der Waals surface area contributed by atoms with Crippen molar-refractivity contribution in [1.82, 2.24) is 14.6 Å². The van der Waals surface area contributed by atoms with E-state index in [1.165, 1.54) is 24.5 Å². The minimum Gasteiger partial charge on any atom is -0.317 e. The van der Waals surface area contributed by atoms with E-state index in [9.17, 15) is 17.6 Å². The van der Waals surface area contributed by atoms with Gasteiger partial charge in [0.05, 0.1) is 10.8 Å². The molecule has 2 aromatic rings. The Hall–Kier alpha value is -2.32. The maximum Gasteiger partial charge on any atom is 0.268 e. The summed E-state index contributed by atoms with van der Waals surface area (Å²) in [5.41, 5.74) is 0.995. The number of hydrogen-bond acceptors (Lipinski definition) is 5. The monoisotopic (exact) mass is 391 g/mol. The van der Waals surface area contributed by atoms with Gasteiger partial charge in [0, 0.05) is 18.9 Å². The average molecular weight is 391 g/mol. The molecule has 0 spiro atoms.